The third kappa shape index (κ3) is 6.39. The number of fused-ring (bicyclic) bond motifs is 1. The van der Waals surface area contributed by atoms with Crippen LogP contribution < -0.4 is 15.1 Å². The molecular formula is C27H35N5O6. The number of aromatic nitrogens is 2. The first-order valence-corrected chi connectivity index (χ1v) is 12.9. The molecule has 4 rings (SSSR count). The number of aliphatic hydroxyl groups excluding tert-OH is 1. The van der Waals surface area contributed by atoms with Gasteiger partial charge in [0, 0.05) is 25.4 Å². The van der Waals surface area contributed by atoms with Crippen molar-refractivity contribution in [3.63, 3.8) is 0 Å². The van der Waals surface area contributed by atoms with Gasteiger partial charge in [0.05, 0.1) is 29.3 Å². The Bertz CT molecular complexity index is 1160. The van der Waals surface area contributed by atoms with Gasteiger partial charge in [-0.2, -0.15) is 0 Å². The lowest BCUT2D eigenvalue weighted by atomic mass is 9.98. The SMILES string of the molecule is CN1c2cnccc2C(=O)N(c2ccc(C[C@H](NC(=O)OC(C)(C)C)C(=O)OC3CCCCC3)nc2)C1O. The van der Waals surface area contributed by atoms with Crippen molar-refractivity contribution < 1.29 is 29.0 Å². The van der Waals surface area contributed by atoms with E-state index in [1.807, 2.05) is 0 Å². The smallest absolute Gasteiger partial charge is 0.408 e. The number of pyridine rings is 2. The van der Waals surface area contributed by atoms with Crippen molar-refractivity contribution in [1.82, 2.24) is 15.3 Å². The van der Waals surface area contributed by atoms with Crippen LogP contribution in [-0.2, 0) is 20.7 Å². The Morgan fingerprint density at radius 1 is 1.16 bits per heavy atom. The summed E-state index contributed by atoms with van der Waals surface area (Å²) in [5, 5.41) is 13.4. The number of nitrogens with zero attached hydrogens (tertiary/aromatic N) is 4. The molecule has 3 heterocycles. The van der Waals surface area contributed by atoms with E-state index in [-0.39, 0.29) is 18.4 Å². The molecule has 38 heavy (non-hydrogen) atoms. The summed E-state index contributed by atoms with van der Waals surface area (Å²) >= 11 is 0. The molecule has 2 aliphatic rings. The Balaban J connectivity index is 1.50. The molecule has 2 atom stereocenters. The van der Waals surface area contributed by atoms with E-state index < -0.39 is 30.1 Å². The predicted molar refractivity (Wildman–Crippen MR) is 140 cm³/mol. The summed E-state index contributed by atoms with van der Waals surface area (Å²) in [5.41, 5.74) is 1.07. The molecule has 11 nitrogen and oxygen atoms in total. The van der Waals surface area contributed by atoms with Gasteiger partial charge in [0.15, 0.2) is 0 Å². The topological polar surface area (TPSA) is 134 Å². The Hall–Kier alpha value is -3.73. The summed E-state index contributed by atoms with van der Waals surface area (Å²) in [7, 11) is 1.66. The number of alkyl carbamates (subject to hydrolysis) is 1. The Kier molecular flexibility index (Phi) is 8.15. The van der Waals surface area contributed by atoms with E-state index in [1.54, 1.807) is 50.9 Å². The molecule has 0 spiro atoms. The van der Waals surface area contributed by atoms with E-state index in [0.29, 0.717) is 22.6 Å². The van der Waals surface area contributed by atoms with Crippen molar-refractivity contribution >= 4 is 29.3 Å². The fourth-order valence-corrected chi connectivity index (χ4v) is 4.59. The van der Waals surface area contributed by atoms with Crippen LogP contribution in [0.5, 0.6) is 0 Å². The monoisotopic (exact) mass is 525 g/mol. The summed E-state index contributed by atoms with van der Waals surface area (Å²) in [6.45, 7) is 5.22. The molecule has 2 amide bonds. The number of amides is 2. The van der Waals surface area contributed by atoms with Crippen LogP contribution in [0.2, 0.25) is 0 Å². The van der Waals surface area contributed by atoms with Gasteiger partial charge < -0.3 is 24.8 Å². The lowest BCUT2D eigenvalue weighted by Crippen LogP contribution is -2.54. The van der Waals surface area contributed by atoms with Crippen LogP contribution in [0.25, 0.3) is 0 Å². The van der Waals surface area contributed by atoms with E-state index in [1.165, 1.54) is 23.5 Å². The third-order valence-corrected chi connectivity index (χ3v) is 6.52. The molecule has 2 aromatic rings. The molecule has 2 aromatic heterocycles. The minimum absolute atomic E-state index is 0.0655. The van der Waals surface area contributed by atoms with Crippen molar-refractivity contribution in [2.75, 3.05) is 16.8 Å². The minimum Gasteiger partial charge on any atom is -0.461 e. The molecule has 1 saturated carbocycles. The summed E-state index contributed by atoms with van der Waals surface area (Å²) in [4.78, 5) is 49.9. The highest BCUT2D eigenvalue weighted by molar-refractivity contribution is 6.11. The van der Waals surface area contributed by atoms with Crippen LogP contribution in [0.15, 0.2) is 36.8 Å². The molecule has 0 bridgehead atoms. The van der Waals surface area contributed by atoms with Gasteiger partial charge in [-0.05, 0) is 64.7 Å². The minimum atomic E-state index is -1.25. The number of rotatable bonds is 6. The fraction of sp³-hybridized carbons (Fsp3) is 0.519. The van der Waals surface area contributed by atoms with Crippen LogP contribution in [-0.4, -0.2) is 64.2 Å². The zero-order valence-electron chi connectivity index (χ0n) is 22.2. The molecular weight excluding hydrogens is 490 g/mol. The van der Waals surface area contributed by atoms with Crippen LogP contribution in [0.3, 0.4) is 0 Å². The van der Waals surface area contributed by atoms with E-state index in [0.717, 1.165) is 32.1 Å². The molecule has 2 N–H and O–H groups in total. The predicted octanol–water partition coefficient (Wildman–Crippen LogP) is 3.16. The lowest BCUT2D eigenvalue weighted by molar-refractivity contribution is -0.153. The number of carbonyl (C=O) groups excluding carboxylic acids is 3. The van der Waals surface area contributed by atoms with Gasteiger partial charge in [-0.15, -0.1) is 0 Å². The zero-order chi connectivity index (χ0) is 27.4. The highest BCUT2D eigenvalue weighted by atomic mass is 16.6. The van der Waals surface area contributed by atoms with E-state index in [2.05, 4.69) is 15.3 Å². The van der Waals surface area contributed by atoms with Crippen molar-refractivity contribution in [3.05, 3.63) is 48.0 Å². The van der Waals surface area contributed by atoms with Crippen molar-refractivity contribution in [1.29, 1.82) is 0 Å². The van der Waals surface area contributed by atoms with Gasteiger partial charge in [0.1, 0.15) is 17.7 Å². The van der Waals surface area contributed by atoms with Crippen molar-refractivity contribution in [2.45, 2.75) is 83.4 Å². The third-order valence-electron chi connectivity index (χ3n) is 6.52. The number of nitrogens with one attached hydrogen (secondary N) is 1. The van der Waals surface area contributed by atoms with Gasteiger partial charge in [-0.3, -0.25) is 19.7 Å². The number of aliphatic hydroxyl groups is 1. The average molecular weight is 526 g/mol. The number of esters is 1. The number of hydrogen-bond donors (Lipinski definition) is 2. The number of hydrogen-bond acceptors (Lipinski definition) is 9. The summed E-state index contributed by atoms with van der Waals surface area (Å²) < 4.78 is 11.1. The molecule has 0 radical (unpaired) electrons. The molecule has 11 heteroatoms. The lowest BCUT2D eigenvalue weighted by Gasteiger charge is -2.39. The molecule has 0 aromatic carbocycles. The standard InChI is InChI=1S/C27H35N5O6/c1-27(2,3)38-25(35)30-21(24(34)37-19-8-6-5-7-9-19)14-17-10-11-18(15-29-17)32-23(33)20-12-13-28-16-22(20)31(4)26(32)36/h10-13,15-16,19,21,26,36H,5-9,14H2,1-4H3,(H,30,35)/t21-,26?/m0/s1. The molecule has 1 fully saturated rings. The average Bonchev–Trinajstić information content (AvgIpc) is 2.87. The molecule has 1 unspecified atom stereocenters. The second-order valence-electron chi connectivity index (χ2n) is 10.6. The quantitative estimate of drug-likeness (QED) is 0.545. The Morgan fingerprint density at radius 3 is 2.55 bits per heavy atom. The van der Waals surface area contributed by atoms with Crippen molar-refractivity contribution in [2.24, 2.45) is 0 Å². The highest BCUT2D eigenvalue weighted by Crippen LogP contribution is 2.31. The fourth-order valence-electron chi connectivity index (χ4n) is 4.59. The molecule has 0 saturated heterocycles. The van der Waals surface area contributed by atoms with Gasteiger partial charge in [-0.25, -0.2) is 9.59 Å². The second-order valence-corrected chi connectivity index (χ2v) is 10.6. The maximum absolute atomic E-state index is 13.1. The van der Waals surface area contributed by atoms with Gasteiger partial charge in [0.25, 0.3) is 5.91 Å². The largest absolute Gasteiger partial charge is 0.461 e. The first-order chi connectivity index (χ1) is 18.0. The molecule has 1 aliphatic carbocycles. The molecule has 1 aliphatic heterocycles. The summed E-state index contributed by atoms with van der Waals surface area (Å²) in [6.07, 6.45) is 7.15. The zero-order valence-corrected chi connectivity index (χ0v) is 22.2. The molecule has 204 valence electrons. The van der Waals surface area contributed by atoms with E-state index in [4.69, 9.17) is 9.47 Å². The van der Waals surface area contributed by atoms with Gasteiger partial charge in [0.2, 0.25) is 6.35 Å². The summed E-state index contributed by atoms with van der Waals surface area (Å²) in [5.74, 6) is -0.926. The second kappa shape index (κ2) is 11.3. The maximum atomic E-state index is 13.1. The van der Waals surface area contributed by atoms with Gasteiger partial charge >= 0.3 is 12.1 Å². The normalized spacial score (nSPS) is 19.0. The summed E-state index contributed by atoms with van der Waals surface area (Å²) in [6, 6.07) is 3.88. The number of anilines is 2. The van der Waals surface area contributed by atoms with Crippen molar-refractivity contribution in [3.8, 4) is 0 Å². The first kappa shape index (κ1) is 27.3. The van der Waals surface area contributed by atoms with E-state index >= 15 is 0 Å². The van der Waals surface area contributed by atoms with E-state index in [9.17, 15) is 19.5 Å². The van der Waals surface area contributed by atoms with Crippen LogP contribution in [0.1, 0.15) is 68.9 Å². The first-order valence-electron chi connectivity index (χ1n) is 12.9. The Morgan fingerprint density at radius 2 is 1.89 bits per heavy atom. The highest BCUT2D eigenvalue weighted by Gasteiger charge is 2.36. The van der Waals surface area contributed by atoms with Crippen LogP contribution in [0.4, 0.5) is 16.2 Å². The maximum Gasteiger partial charge on any atom is 0.408 e. The number of carbonyl (C=O) groups is 3. The Labute approximate surface area is 222 Å². The number of ether oxygens (including phenoxy) is 2. The van der Waals surface area contributed by atoms with Crippen LogP contribution >= 0.6 is 0 Å². The van der Waals surface area contributed by atoms with Gasteiger partial charge in [-0.1, -0.05) is 6.42 Å². The van der Waals surface area contributed by atoms with Crippen LogP contribution in [0, 0.1) is 0 Å².